The highest BCUT2D eigenvalue weighted by Crippen LogP contribution is 2.37. The molecule has 0 unspecified atom stereocenters. The second-order valence-electron chi connectivity index (χ2n) is 7.01. The van der Waals surface area contributed by atoms with Gasteiger partial charge in [0.2, 0.25) is 0 Å². The number of alkyl halides is 2. The molecule has 1 saturated heterocycles. The third-order valence-electron chi connectivity index (χ3n) is 5.03. The zero-order chi connectivity index (χ0) is 22.1. The van der Waals surface area contributed by atoms with E-state index in [1.165, 1.54) is 0 Å². The van der Waals surface area contributed by atoms with Crippen molar-refractivity contribution in [2.45, 2.75) is 32.0 Å². The highest BCUT2D eigenvalue weighted by molar-refractivity contribution is 5.83. The van der Waals surface area contributed by atoms with Crippen LogP contribution >= 0.6 is 0 Å². The first kappa shape index (κ1) is 20.6. The number of hydrogen-bond acceptors (Lipinski definition) is 8. The topological polar surface area (TPSA) is 118 Å². The Labute approximate surface area is 175 Å². The zero-order valence-corrected chi connectivity index (χ0v) is 16.3. The molecular weight excluding hydrogens is 416 g/mol. The predicted octanol–water partition coefficient (Wildman–Crippen LogP) is 1.39. The van der Waals surface area contributed by atoms with Crippen LogP contribution in [0.4, 0.5) is 20.3 Å². The van der Waals surface area contributed by atoms with Crippen LogP contribution in [0, 0.1) is 0 Å². The molecule has 2 aromatic rings. The highest BCUT2D eigenvalue weighted by atomic mass is 19.3. The molecule has 0 bridgehead atoms. The quantitative estimate of drug-likeness (QED) is 0.367. The summed E-state index contributed by atoms with van der Waals surface area (Å²) in [4.78, 5) is 28.2. The number of nitrogens with zero attached hydrogens (tertiary/aromatic N) is 3. The van der Waals surface area contributed by atoms with Gasteiger partial charge in [0.25, 0.3) is 18.2 Å². The highest BCUT2D eigenvalue weighted by Gasteiger charge is 2.40. The van der Waals surface area contributed by atoms with Gasteiger partial charge in [0.1, 0.15) is 36.9 Å². The molecule has 3 heterocycles. The molecule has 10 nitrogen and oxygen atoms in total. The summed E-state index contributed by atoms with van der Waals surface area (Å²) < 4.78 is 39.5. The van der Waals surface area contributed by atoms with Crippen molar-refractivity contribution in [3.63, 3.8) is 0 Å². The van der Waals surface area contributed by atoms with Gasteiger partial charge in [-0.1, -0.05) is 0 Å². The first-order chi connectivity index (χ1) is 14.9. The molecule has 0 radical (unpaired) electrons. The molecule has 1 fully saturated rings. The number of amides is 1. The maximum absolute atomic E-state index is 13.4. The van der Waals surface area contributed by atoms with Crippen molar-refractivity contribution in [1.82, 2.24) is 15.0 Å². The summed E-state index contributed by atoms with van der Waals surface area (Å²) in [6.45, 7) is 1.93. The summed E-state index contributed by atoms with van der Waals surface area (Å²) in [6.07, 6.45) is -1.18. The van der Waals surface area contributed by atoms with E-state index in [9.17, 15) is 18.4 Å². The van der Waals surface area contributed by atoms with Crippen LogP contribution in [0.2, 0.25) is 0 Å². The Morgan fingerprint density at radius 2 is 2.19 bits per heavy atom. The van der Waals surface area contributed by atoms with Crippen molar-refractivity contribution in [3.8, 4) is 17.1 Å². The normalized spacial score (nSPS) is 18.3. The van der Waals surface area contributed by atoms with Crippen LogP contribution in [0.3, 0.4) is 0 Å². The minimum atomic E-state index is -2.74. The number of nitrogens with one attached hydrogen (secondary N) is 2. The van der Waals surface area contributed by atoms with Gasteiger partial charge in [-0.3, -0.25) is 14.9 Å². The molecule has 3 N–H and O–H groups in total. The molecule has 2 atom stereocenters. The number of hydrogen-bond donors (Lipinski definition) is 3. The van der Waals surface area contributed by atoms with Gasteiger partial charge in [0, 0.05) is 18.0 Å². The van der Waals surface area contributed by atoms with Crippen LogP contribution < -0.4 is 20.4 Å². The molecule has 164 valence electrons. The second-order valence-corrected chi connectivity index (χ2v) is 7.01. The number of fused-ring (bicyclic) bond motifs is 3. The fraction of sp³-hybridized carbons (Fsp3) is 0.368. The number of anilines is 2. The third kappa shape index (κ3) is 3.78. The van der Waals surface area contributed by atoms with E-state index in [1.54, 1.807) is 47.3 Å². The van der Waals surface area contributed by atoms with Crippen molar-refractivity contribution < 1.29 is 33.1 Å². The Hall–Kier alpha value is -3.63. The van der Waals surface area contributed by atoms with Crippen LogP contribution in [-0.2, 0) is 20.9 Å². The van der Waals surface area contributed by atoms with Gasteiger partial charge in [0.15, 0.2) is 11.8 Å². The molecule has 1 amide bonds. The zero-order valence-electron chi connectivity index (χ0n) is 16.3. The van der Waals surface area contributed by atoms with Crippen molar-refractivity contribution in [3.05, 3.63) is 30.3 Å². The minimum Gasteiger partial charge on any atom is -0.491 e. The molecule has 1 aromatic heterocycles. The summed E-state index contributed by atoms with van der Waals surface area (Å²) >= 11 is 0. The SMILES string of the molecule is C[C@H](Nc1ccc2c(c1)OCCn1cc(N3C(=C=O)OC[C@H]3C(F)F)nc1-2)C(=O)NO. The summed E-state index contributed by atoms with van der Waals surface area (Å²) in [5.74, 6) is 1.73. The lowest BCUT2D eigenvalue weighted by Crippen LogP contribution is -2.36. The van der Waals surface area contributed by atoms with E-state index >= 15 is 0 Å². The molecule has 31 heavy (non-hydrogen) atoms. The van der Waals surface area contributed by atoms with E-state index in [0.29, 0.717) is 29.4 Å². The molecular formula is C19H19F2N5O5. The Balaban J connectivity index is 1.68. The van der Waals surface area contributed by atoms with Crippen LogP contribution in [0.5, 0.6) is 5.75 Å². The van der Waals surface area contributed by atoms with Gasteiger partial charge >= 0.3 is 0 Å². The number of ether oxygens (including phenoxy) is 2. The van der Waals surface area contributed by atoms with E-state index in [4.69, 9.17) is 14.7 Å². The van der Waals surface area contributed by atoms with Gasteiger partial charge in [-0.25, -0.2) is 24.0 Å². The largest absolute Gasteiger partial charge is 0.491 e. The smallest absolute Gasteiger partial charge is 0.284 e. The van der Waals surface area contributed by atoms with Crippen molar-refractivity contribution >= 4 is 23.4 Å². The van der Waals surface area contributed by atoms with Crippen LogP contribution in [-0.4, -0.2) is 58.3 Å². The van der Waals surface area contributed by atoms with Crippen LogP contribution in [0.25, 0.3) is 11.4 Å². The molecule has 1 aromatic carbocycles. The Bertz CT molecular complexity index is 1050. The minimum absolute atomic E-state index is 0.152. The molecule has 2 aliphatic rings. The number of aromatic nitrogens is 2. The average molecular weight is 435 g/mol. The van der Waals surface area contributed by atoms with Gasteiger partial charge in [0.05, 0.1) is 12.1 Å². The number of rotatable bonds is 5. The Morgan fingerprint density at radius 3 is 2.90 bits per heavy atom. The summed E-state index contributed by atoms with van der Waals surface area (Å²) in [5, 5.41) is 11.7. The molecule has 2 aliphatic heterocycles. The van der Waals surface area contributed by atoms with E-state index < -0.39 is 24.4 Å². The van der Waals surface area contributed by atoms with Gasteiger partial charge in [-0.2, -0.15) is 0 Å². The van der Waals surface area contributed by atoms with Crippen molar-refractivity contribution in [1.29, 1.82) is 0 Å². The molecule has 0 spiro atoms. The summed E-state index contributed by atoms with van der Waals surface area (Å²) in [7, 11) is 0. The molecule has 12 heteroatoms. The maximum Gasteiger partial charge on any atom is 0.284 e. The summed E-state index contributed by atoms with van der Waals surface area (Å²) in [6, 6.07) is 3.06. The fourth-order valence-corrected chi connectivity index (χ4v) is 3.48. The number of halogens is 2. The number of benzene rings is 1. The maximum atomic E-state index is 13.4. The predicted molar refractivity (Wildman–Crippen MR) is 104 cm³/mol. The first-order valence-electron chi connectivity index (χ1n) is 9.43. The number of carbonyl (C=O) groups excluding carboxylic acids is 2. The molecule has 0 saturated carbocycles. The standard InChI is InChI=1S/C19H19F2N5O5/c1-10(19(28)24-29)22-11-2-3-12-14(6-11)30-5-4-25-7-15(23-18(12)25)26-13(17(20)21)9-31-16(26)8-27/h2-3,6-7,10,13,17,22,29H,4-5,9H2,1H3,(H,24,28)/t10-,13-/m0/s1. The average Bonchev–Trinajstić information content (AvgIpc) is 3.33. The van der Waals surface area contributed by atoms with E-state index in [-0.39, 0.29) is 24.9 Å². The second kappa shape index (κ2) is 8.25. The Kier molecular flexibility index (Phi) is 5.49. The van der Waals surface area contributed by atoms with Gasteiger partial charge in [-0.05, 0) is 19.1 Å². The van der Waals surface area contributed by atoms with Gasteiger partial charge in [-0.15, -0.1) is 0 Å². The van der Waals surface area contributed by atoms with E-state index in [1.807, 2.05) is 0 Å². The fourth-order valence-electron chi connectivity index (χ4n) is 3.48. The van der Waals surface area contributed by atoms with Gasteiger partial charge < -0.3 is 19.4 Å². The van der Waals surface area contributed by atoms with Crippen molar-refractivity contribution in [2.24, 2.45) is 0 Å². The van der Waals surface area contributed by atoms with E-state index in [2.05, 4.69) is 10.3 Å². The lowest BCUT2D eigenvalue weighted by atomic mass is 10.1. The lowest BCUT2D eigenvalue weighted by molar-refractivity contribution is -0.129. The monoisotopic (exact) mass is 435 g/mol. The molecule has 0 aliphatic carbocycles. The van der Waals surface area contributed by atoms with E-state index in [0.717, 1.165) is 4.90 Å². The first-order valence-corrected chi connectivity index (χ1v) is 9.43. The number of imidazole rings is 1. The van der Waals surface area contributed by atoms with Crippen LogP contribution in [0.15, 0.2) is 30.3 Å². The van der Waals surface area contributed by atoms with Crippen LogP contribution in [0.1, 0.15) is 6.92 Å². The third-order valence-corrected chi connectivity index (χ3v) is 5.03. The number of carbonyl (C=O) groups is 1. The molecule has 4 rings (SSSR count). The Morgan fingerprint density at radius 1 is 1.39 bits per heavy atom. The lowest BCUT2D eigenvalue weighted by Gasteiger charge is -2.19. The summed E-state index contributed by atoms with van der Waals surface area (Å²) in [5.41, 5.74) is 2.76. The van der Waals surface area contributed by atoms with Crippen molar-refractivity contribution in [2.75, 3.05) is 23.4 Å². The number of hydroxylamine groups is 1.